The molecule has 2 amide bonds. The van der Waals surface area contributed by atoms with Crippen LogP contribution in [0.4, 0.5) is 4.79 Å². The normalized spacial score (nSPS) is 35.3. The molecule has 46 heavy (non-hydrogen) atoms. The number of hydrogen-bond donors (Lipinski definition) is 6. The van der Waals surface area contributed by atoms with Gasteiger partial charge in [-0.15, -0.1) is 0 Å². The van der Waals surface area contributed by atoms with Crippen molar-refractivity contribution in [2.24, 2.45) is 17.6 Å². The van der Waals surface area contributed by atoms with Gasteiger partial charge in [0, 0.05) is 50.2 Å². The zero-order valence-electron chi connectivity index (χ0n) is 28.1. The Bertz CT molecular complexity index is 1210. The fourth-order valence-corrected chi connectivity index (χ4v) is 6.41. The summed E-state index contributed by atoms with van der Waals surface area (Å²) in [6.07, 6.45) is 4.96. The molecule has 8 atom stereocenters. The maximum absolute atomic E-state index is 13.2. The van der Waals surface area contributed by atoms with E-state index in [0.717, 1.165) is 19.6 Å². The molecule has 12 heteroatoms. The van der Waals surface area contributed by atoms with E-state index in [0.29, 0.717) is 41.8 Å². The quantitative estimate of drug-likeness (QED) is 0.225. The lowest BCUT2D eigenvalue weighted by Gasteiger charge is -2.33. The molecule has 2 bridgehead atoms. The van der Waals surface area contributed by atoms with E-state index >= 15 is 0 Å². The summed E-state index contributed by atoms with van der Waals surface area (Å²) in [7, 11) is 3.00. The number of aliphatic hydroxyl groups excluding tert-OH is 3. The maximum Gasteiger partial charge on any atom is 0.405 e. The van der Waals surface area contributed by atoms with Crippen LogP contribution in [-0.4, -0.2) is 109 Å². The van der Waals surface area contributed by atoms with Crippen LogP contribution < -0.4 is 16.4 Å². The van der Waals surface area contributed by atoms with E-state index in [9.17, 15) is 24.9 Å². The number of nitrogens with zero attached hydrogens (tertiary/aromatic N) is 1. The van der Waals surface area contributed by atoms with Gasteiger partial charge in [0.1, 0.15) is 18.3 Å². The van der Waals surface area contributed by atoms with E-state index in [4.69, 9.17) is 19.9 Å². The smallest absolute Gasteiger partial charge is 0.405 e. The molecule has 12 nitrogen and oxygen atoms in total. The Labute approximate surface area is 273 Å². The van der Waals surface area contributed by atoms with Crippen molar-refractivity contribution in [2.75, 3.05) is 40.4 Å². The molecular formula is C34H54N4O8. The maximum atomic E-state index is 13.2. The molecule has 1 saturated heterocycles. The second kappa shape index (κ2) is 17.8. The second-order valence-corrected chi connectivity index (χ2v) is 12.7. The van der Waals surface area contributed by atoms with Crippen LogP contribution >= 0.6 is 0 Å². The lowest BCUT2D eigenvalue weighted by molar-refractivity contribution is -0.117. The molecule has 0 saturated carbocycles. The van der Waals surface area contributed by atoms with Gasteiger partial charge in [0.2, 0.25) is 0 Å². The zero-order valence-corrected chi connectivity index (χ0v) is 28.1. The van der Waals surface area contributed by atoms with E-state index in [1.807, 2.05) is 13.8 Å². The molecule has 7 N–H and O–H groups in total. The lowest BCUT2D eigenvalue weighted by atomic mass is 9.84. The molecule has 2 unspecified atom stereocenters. The fraction of sp³-hybridized carbons (Fsp3) is 0.647. The predicted octanol–water partition coefficient (Wildman–Crippen LogP) is 2.03. The lowest BCUT2D eigenvalue weighted by Crippen LogP contribution is -2.41. The molecule has 1 aliphatic carbocycles. The number of ether oxygens (including phenoxy) is 3. The fourth-order valence-electron chi connectivity index (χ4n) is 6.41. The van der Waals surface area contributed by atoms with Crippen molar-refractivity contribution in [3.05, 3.63) is 58.5 Å². The SMILES string of the molecule is CO[C@H]1/C=C\C=C(/C)C(=O)NC2=CC(O)C(NCCN3CCCC3)=C(C[C@@H](C)C[C@H](OC)[C@H](O)[C@@H](C)/C=C(\C)[C@@H]1OC(N)=O)C2O. The summed E-state index contributed by atoms with van der Waals surface area (Å²) >= 11 is 0. The summed E-state index contributed by atoms with van der Waals surface area (Å²) in [4.78, 5) is 27.3. The number of nitrogens with two attached hydrogens (primary N) is 1. The van der Waals surface area contributed by atoms with Gasteiger partial charge >= 0.3 is 6.09 Å². The second-order valence-electron chi connectivity index (χ2n) is 12.7. The summed E-state index contributed by atoms with van der Waals surface area (Å²) in [5.41, 5.74) is 7.65. The van der Waals surface area contributed by atoms with Crippen LogP contribution in [0.5, 0.6) is 0 Å². The highest BCUT2D eigenvalue weighted by atomic mass is 16.6. The molecule has 0 radical (unpaired) electrons. The number of likely N-dealkylation sites (tertiary alicyclic amines) is 1. The third-order valence-corrected chi connectivity index (χ3v) is 9.02. The first-order valence-electron chi connectivity index (χ1n) is 16.2. The Hall–Kier alpha value is -3.00. The van der Waals surface area contributed by atoms with Gasteiger partial charge in [0.15, 0.2) is 6.10 Å². The van der Waals surface area contributed by atoms with Gasteiger partial charge in [-0.25, -0.2) is 4.79 Å². The van der Waals surface area contributed by atoms with Gasteiger partial charge in [0.05, 0.1) is 12.2 Å². The molecule has 0 aromatic carbocycles. The topological polar surface area (TPSA) is 176 Å². The van der Waals surface area contributed by atoms with Crippen LogP contribution in [0.1, 0.15) is 53.4 Å². The van der Waals surface area contributed by atoms with E-state index in [-0.39, 0.29) is 11.6 Å². The first-order chi connectivity index (χ1) is 21.9. The van der Waals surface area contributed by atoms with Gasteiger partial charge in [-0.2, -0.15) is 0 Å². The van der Waals surface area contributed by atoms with E-state index in [1.54, 1.807) is 45.3 Å². The third kappa shape index (κ3) is 10.2. The largest absolute Gasteiger partial charge is 0.439 e. The monoisotopic (exact) mass is 646 g/mol. The molecule has 0 aromatic heterocycles. The first-order valence-corrected chi connectivity index (χ1v) is 16.2. The van der Waals surface area contributed by atoms with Crippen LogP contribution in [-0.2, 0) is 19.0 Å². The van der Waals surface area contributed by atoms with Crippen molar-refractivity contribution in [3.63, 3.8) is 0 Å². The summed E-state index contributed by atoms with van der Waals surface area (Å²) < 4.78 is 16.8. The summed E-state index contributed by atoms with van der Waals surface area (Å²) in [6, 6.07) is 0. The highest BCUT2D eigenvalue weighted by Crippen LogP contribution is 2.31. The summed E-state index contributed by atoms with van der Waals surface area (Å²) in [6.45, 7) is 10.7. The highest BCUT2D eigenvalue weighted by molar-refractivity contribution is 5.94. The number of nitrogens with one attached hydrogen (secondary N) is 2. The number of primary amides is 1. The van der Waals surface area contributed by atoms with Crippen LogP contribution in [0.2, 0.25) is 0 Å². The number of methoxy groups -OCH3 is 2. The first kappa shape index (κ1) is 37.5. The number of carbonyl (C=O) groups is 2. The van der Waals surface area contributed by atoms with E-state index in [2.05, 4.69) is 15.5 Å². The predicted molar refractivity (Wildman–Crippen MR) is 175 cm³/mol. The Kier molecular flexibility index (Phi) is 14.5. The van der Waals surface area contributed by atoms with Crippen molar-refractivity contribution in [3.8, 4) is 0 Å². The minimum atomic E-state index is -1.16. The van der Waals surface area contributed by atoms with Crippen molar-refractivity contribution < 1.29 is 39.1 Å². The number of rotatable bonds is 7. The molecule has 1 fully saturated rings. The van der Waals surface area contributed by atoms with Crippen molar-refractivity contribution in [1.82, 2.24) is 15.5 Å². The van der Waals surface area contributed by atoms with Gasteiger partial charge in [-0.1, -0.05) is 38.2 Å². The number of hydrogen-bond acceptors (Lipinski definition) is 10. The third-order valence-electron chi connectivity index (χ3n) is 9.02. The summed E-state index contributed by atoms with van der Waals surface area (Å²) in [5.74, 6) is -0.942. The number of allylic oxidation sites excluding steroid dienone is 2. The Morgan fingerprint density at radius 3 is 2.43 bits per heavy atom. The Morgan fingerprint density at radius 1 is 1.11 bits per heavy atom. The number of aliphatic hydroxyl groups is 3. The average Bonchev–Trinajstić information content (AvgIpc) is 3.53. The van der Waals surface area contributed by atoms with Gasteiger partial charge in [0.25, 0.3) is 5.91 Å². The van der Waals surface area contributed by atoms with Crippen molar-refractivity contribution in [2.45, 2.75) is 90.0 Å². The molecule has 2 aliphatic heterocycles. The molecule has 0 spiro atoms. The molecule has 3 rings (SSSR count). The van der Waals surface area contributed by atoms with Crippen LogP contribution in [0, 0.1) is 11.8 Å². The standard InChI is InChI=1S/C34H54N4O8/c1-20-16-24-29(36-12-15-38-13-7-8-14-38)26(39)19-25(31(24)41)37-33(42)21(2)10-9-11-27(44-5)32(46-34(35)43)23(4)18-22(3)30(40)28(17-20)45-6/h9-11,18-20,22,26-28,30-32,36,39-41H,7-8,12-17H2,1-6H3,(H2,35,43)(H,37,42)/b11-9-,21-10+,23-18+/t20-,22+,26?,27+,28+,30-,31?,32+/m1/s1. The molecule has 2 heterocycles. The van der Waals surface area contributed by atoms with Gasteiger partial charge < -0.3 is 50.8 Å². The van der Waals surface area contributed by atoms with Crippen LogP contribution in [0.3, 0.4) is 0 Å². The Morgan fingerprint density at radius 2 is 1.80 bits per heavy atom. The minimum Gasteiger partial charge on any atom is -0.439 e. The molecule has 3 aliphatic rings. The molecular weight excluding hydrogens is 592 g/mol. The molecule has 258 valence electrons. The minimum absolute atomic E-state index is 0.0871. The van der Waals surface area contributed by atoms with Crippen LogP contribution in [0.15, 0.2) is 58.5 Å². The number of carbonyl (C=O) groups excluding carboxylic acids is 2. The van der Waals surface area contributed by atoms with Gasteiger partial charge in [-0.05, 0) is 75.8 Å². The zero-order chi connectivity index (χ0) is 34.0. The van der Waals surface area contributed by atoms with E-state index in [1.165, 1.54) is 26.0 Å². The van der Waals surface area contributed by atoms with E-state index < -0.39 is 54.5 Å². The molecule has 0 aromatic rings. The Balaban J connectivity index is 2.00. The van der Waals surface area contributed by atoms with Crippen molar-refractivity contribution >= 4 is 12.0 Å². The van der Waals surface area contributed by atoms with Crippen LogP contribution in [0.25, 0.3) is 0 Å². The number of amides is 2. The summed E-state index contributed by atoms with van der Waals surface area (Å²) in [5, 5.41) is 40.3. The van der Waals surface area contributed by atoms with Crippen molar-refractivity contribution in [1.29, 1.82) is 0 Å². The van der Waals surface area contributed by atoms with Gasteiger partial charge in [-0.3, -0.25) is 4.79 Å². The number of fused-ring (bicyclic) bond motifs is 2. The average molecular weight is 647 g/mol. The highest BCUT2D eigenvalue weighted by Gasteiger charge is 2.33.